The zero-order valence-electron chi connectivity index (χ0n) is 21.7. The summed E-state index contributed by atoms with van der Waals surface area (Å²) in [6, 6.07) is 12.8. The Hall–Kier alpha value is -2.86. The number of alkyl carbamates (subject to hydrolysis) is 1. The highest BCUT2D eigenvalue weighted by molar-refractivity contribution is 6.10. The van der Waals surface area contributed by atoms with E-state index in [9.17, 15) is 4.79 Å². The average molecular weight is 477 g/mol. The van der Waals surface area contributed by atoms with Crippen LogP contribution in [0.2, 0.25) is 0 Å². The van der Waals surface area contributed by atoms with Crippen LogP contribution in [-0.4, -0.2) is 37.9 Å². The van der Waals surface area contributed by atoms with Crippen molar-refractivity contribution < 1.29 is 19.0 Å². The zero-order valence-corrected chi connectivity index (χ0v) is 21.7. The van der Waals surface area contributed by atoms with Gasteiger partial charge in [0.25, 0.3) is 0 Å². The first-order valence-electron chi connectivity index (χ1n) is 12.5. The van der Waals surface area contributed by atoms with Gasteiger partial charge in [-0.3, -0.25) is 10.3 Å². The third-order valence-electron chi connectivity index (χ3n) is 7.95. The second kappa shape index (κ2) is 8.37. The molecular weight excluding hydrogens is 440 g/mol. The Labute approximate surface area is 208 Å². The van der Waals surface area contributed by atoms with Crippen molar-refractivity contribution in [1.82, 2.24) is 5.32 Å². The molecule has 2 aromatic carbocycles. The van der Waals surface area contributed by atoms with Crippen molar-refractivity contribution in [1.29, 1.82) is 0 Å². The van der Waals surface area contributed by atoms with Gasteiger partial charge in [-0.05, 0) is 94.7 Å². The van der Waals surface area contributed by atoms with Crippen molar-refractivity contribution in [2.24, 2.45) is 10.4 Å². The van der Waals surface area contributed by atoms with Crippen LogP contribution in [0.5, 0.6) is 5.75 Å². The largest absolute Gasteiger partial charge is 0.497 e. The second-order valence-corrected chi connectivity index (χ2v) is 11.3. The Kier molecular flexibility index (Phi) is 5.71. The van der Waals surface area contributed by atoms with Crippen LogP contribution in [0.4, 0.5) is 4.79 Å². The molecule has 1 atom stereocenters. The summed E-state index contributed by atoms with van der Waals surface area (Å²) in [5.74, 6) is 1.36. The standard InChI is InChI=1S/C29H36N2O4/c1-18-7-8-19-17-28(13-11-20(33-5)12-14-28)29(23(19)15-18)24-16-21(34-6)9-10-22(24)25(31-29)30-26(32)35-27(2,3)4/h7-10,15-16,20H,11-14,17H2,1-6H3,(H,30,31,32). The number of amidine groups is 1. The summed E-state index contributed by atoms with van der Waals surface area (Å²) in [6.45, 7) is 7.72. The molecule has 1 aliphatic heterocycles. The average Bonchev–Trinajstić information content (AvgIpc) is 3.26. The normalized spacial score (nSPS) is 26.9. The molecule has 1 amide bonds. The van der Waals surface area contributed by atoms with Gasteiger partial charge in [0.1, 0.15) is 22.7 Å². The van der Waals surface area contributed by atoms with Crippen molar-refractivity contribution >= 4 is 11.9 Å². The minimum absolute atomic E-state index is 0.101. The Morgan fingerprint density at radius 2 is 1.80 bits per heavy atom. The predicted molar refractivity (Wildman–Crippen MR) is 136 cm³/mol. The summed E-state index contributed by atoms with van der Waals surface area (Å²) in [7, 11) is 3.50. The summed E-state index contributed by atoms with van der Waals surface area (Å²) >= 11 is 0. The van der Waals surface area contributed by atoms with E-state index in [1.165, 1.54) is 16.7 Å². The lowest BCUT2D eigenvalue weighted by Crippen LogP contribution is -2.45. The number of ether oxygens (including phenoxy) is 3. The molecule has 2 aromatic rings. The number of nitrogens with one attached hydrogen (secondary N) is 1. The lowest BCUT2D eigenvalue weighted by atomic mass is 9.59. The number of hydrogen-bond donors (Lipinski definition) is 1. The van der Waals surface area contributed by atoms with Crippen molar-refractivity contribution in [3.05, 3.63) is 64.2 Å². The van der Waals surface area contributed by atoms with Gasteiger partial charge in [0, 0.05) is 18.1 Å². The maximum absolute atomic E-state index is 12.8. The van der Waals surface area contributed by atoms with E-state index in [2.05, 4.69) is 36.5 Å². The fourth-order valence-corrected chi connectivity index (χ4v) is 6.43. The number of carbonyl (C=O) groups excluding carboxylic acids is 1. The molecule has 1 saturated carbocycles. The molecule has 0 aromatic heterocycles. The minimum atomic E-state index is -0.597. The van der Waals surface area contributed by atoms with Crippen molar-refractivity contribution in [3.8, 4) is 5.75 Å². The first-order valence-corrected chi connectivity index (χ1v) is 12.5. The molecule has 35 heavy (non-hydrogen) atoms. The number of rotatable bonds is 2. The zero-order chi connectivity index (χ0) is 25.0. The molecule has 1 heterocycles. The number of carbonyl (C=O) groups is 1. The fourth-order valence-electron chi connectivity index (χ4n) is 6.43. The summed E-state index contributed by atoms with van der Waals surface area (Å²) in [5, 5.41) is 2.99. The Bertz CT molecular complexity index is 1190. The number of hydrogen-bond acceptors (Lipinski definition) is 5. The summed E-state index contributed by atoms with van der Waals surface area (Å²) in [6.07, 6.45) is 4.73. The maximum Gasteiger partial charge on any atom is 0.413 e. The molecule has 0 bridgehead atoms. The van der Waals surface area contributed by atoms with E-state index in [0.717, 1.165) is 49.0 Å². The van der Waals surface area contributed by atoms with Gasteiger partial charge >= 0.3 is 6.09 Å². The lowest BCUT2D eigenvalue weighted by Gasteiger charge is -2.47. The number of benzene rings is 2. The monoisotopic (exact) mass is 476 g/mol. The van der Waals surface area contributed by atoms with Crippen molar-refractivity contribution in [3.63, 3.8) is 0 Å². The molecule has 5 rings (SSSR count). The van der Waals surface area contributed by atoms with Crippen LogP contribution in [0.25, 0.3) is 0 Å². The number of aryl methyl sites for hydroxylation is 1. The minimum Gasteiger partial charge on any atom is -0.497 e. The predicted octanol–water partition coefficient (Wildman–Crippen LogP) is 5.66. The number of methoxy groups -OCH3 is 2. The third kappa shape index (κ3) is 3.83. The SMILES string of the molecule is COc1ccc2c(c1)C1(N=C2NC(=O)OC(C)(C)C)c2cc(C)ccc2CC12CCC(OC)CC2. The Balaban J connectivity index is 1.70. The van der Waals surface area contributed by atoms with Crippen LogP contribution < -0.4 is 10.1 Å². The molecule has 6 nitrogen and oxygen atoms in total. The van der Waals surface area contributed by atoms with E-state index in [0.29, 0.717) is 5.84 Å². The molecule has 0 saturated heterocycles. The Morgan fingerprint density at radius 3 is 2.46 bits per heavy atom. The molecule has 2 spiro atoms. The molecule has 3 aliphatic rings. The highest BCUT2D eigenvalue weighted by Gasteiger charge is 2.62. The second-order valence-electron chi connectivity index (χ2n) is 11.3. The van der Waals surface area contributed by atoms with Gasteiger partial charge < -0.3 is 14.2 Å². The van der Waals surface area contributed by atoms with Crippen LogP contribution in [0.1, 0.15) is 74.3 Å². The number of aliphatic imine (C=N–C) groups is 1. The molecule has 0 radical (unpaired) electrons. The molecular formula is C29H36N2O4. The van der Waals surface area contributed by atoms with Gasteiger partial charge in [0.05, 0.1) is 13.2 Å². The van der Waals surface area contributed by atoms with Gasteiger partial charge in [0.15, 0.2) is 0 Å². The molecule has 1 N–H and O–H groups in total. The molecule has 6 heteroatoms. The van der Waals surface area contributed by atoms with E-state index >= 15 is 0 Å². The number of nitrogens with zero attached hydrogens (tertiary/aromatic N) is 1. The van der Waals surface area contributed by atoms with Crippen LogP contribution in [0.3, 0.4) is 0 Å². The van der Waals surface area contributed by atoms with Crippen molar-refractivity contribution in [2.45, 2.75) is 77.0 Å². The summed E-state index contributed by atoms with van der Waals surface area (Å²) in [4.78, 5) is 18.3. The molecule has 1 fully saturated rings. The highest BCUT2D eigenvalue weighted by atomic mass is 16.6. The van der Waals surface area contributed by atoms with Gasteiger partial charge in [-0.1, -0.05) is 23.8 Å². The van der Waals surface area contributed by atoms with E-state index < -0.39 is 17.2 Å². The van der Waals surface area contributed by atoms with Crippen LogP contribution in [0, 0.1) is 12.3 Å². The molecule has 186 valence electrons. The topological polar surface area (TPSA) is 69.2 Å². The van der Waals surface area contributed by atoms with Crippen LogP contribution in [0.15, 0.2) is 41.4 Å². The van der Waals surface area contributed by atoms with Crippen LogP contribution in [-0.2, 0) is 21.4 Å². The summed E-state index contributed by atoms with van der Waals surface area (Å²) < 4.78 is 17.0. The lowest BCUT2D eigenvalue weighted by molar-refractivity contribution is 0.00678. The van der Waals surface area contributed by atoms with Crippen LogP contribution >= 0.6 is 0 Å². The van der Waals surface area contributed by atoms with E-state index in [1.807, 2.05) is 40.0 Å². The van der Waals surface area contributed by atoms with Crippen molar-refractivity contribution in [2.75, 3.05) is 14.2 Å². The molecule has 1 unspecified atom stereocenters. The third-order valence-corrected chi connectivity index (χ3v) is 7.95. The van der Waals surface area contributed by atoms with E-state index in [-0.39, 0.29) is 11.5 Å². The highest BCUT2D eigenvalue weighted by Crippen LogP contribution is 2.65. The first-order chi connectivity index (χ1) is 16.6. The molecule has 2 aliphatic carbocycles. The number of amides is 1. The van der Waals surface area contributed by atoms with E-state index in [4.69, 9.17) is 19.2 Å². The van der Waals surface area contributed by atoms with Gasteiger partial charge in [0.2, 0.25) is 0 Å². The Morgan fingerprint density at radius 1 is 1.06 bits per heavy atom. The number of fused-ring (bicyclic) bond motifs is 5. The fraction of sp³-hybridized carbons (Fsp3) is 0.517. The van der Waals surface area contributed by atoms with Gasteiger partial charge in [-0.2, -0.15) is 0 Å². The quantitative estimate of drug-likeness (QED) is 0.607. The van der Waals surface area contributed by atoms with Gasteiger partial charge in [-0.25, -0.2) is 4.79 Å². The van der Waals surface area contributed by atoms with E-state index in [1.54, 1.807) is 7.11 Å². The summed E-state index contributed by atoms with van der Waals surface area (Å²) in [5.41, 5.74) is 4.52. The smallest absolute Gasteiger partial charge is 0.413 e. The first kappa shape index (κ1) is 23.9. The van der Waals surface area contributed by atoms with Gasteiger partial charge in [-0.15, -0.1) is 0 Å². The maximum atomic E-state index is 12.8.